The molecule has 1 unspecified atom stereocenters. The monoisotopic (exact) mass is 302 g/mol. The van der Waals surface area contributed by atoms with E-state index in [2.05, 4.69) is 10.3 Å². The largest absolute Gasteiger partial charge is 0.478 e. The molecule has 0 saturated heterocycles. The van der Waals surface area contributed by atoms with Gasteiger partial charge in [0.15, 0.2) is 0 Å². The minimum Gasteiger partial charge on any atom is -0.478 e. The first-order chi connectivity index (χ1) is 9.69. The minimum atomic E-state index is -4.39. The van der Waals surface area contributed by atoms with Crippen LogP contribution in [0.25, 0.3) is 6.08 Å². The predicted molar refractivity (Wildman–Crippen MR) is 68.5 cm³/mol. The van der Waals surface area contributed by atoms with Gasteiger partial charge in [0.1, 0.15) is 5.69 Å². The van der Waals surface area contributed by atoms with Crippen molar-refractivity contribution in [3.05, 3.63) is 35.7 Å². The Labute approximate surface area is 118 Å². The van der Waals surface area contributed by atoms with Crippen LogP contribution in [-0.2, 0) is 4.79 Å². The van der Waals surface area contributed by atoms with Gasteiger partial charge in [0.2, 0.25) is 0 Å². The van der Waals surface area contributed by atoms with Gasteiger partial charge < -0.3 is 10.4 Å². The fraction of sp³-hybridized carbons (Fsp3) is 0.308. The number of carboxylic acids is 1. The first-order valence-electron chi connectivity index (χ1n) is 5.92. The second-order valence-corrected chi connectivity index (χ2v) is 4.31. The van der Waals surface area contributed by atoms with E-state index in [-0.39, 0.29) is 11.3 Å². The Bertz CT molecular complexity index is 556. The number of halogens is 3. The van der Waals surface area contributed by atoms with Crippen LogP contribution in [-0.4, -0.2) is 34.2 Å². The number of nitrogens with zero attached hydrogens (tertiary/aromatic N) is 1. The van der Waals surface area contributed by atoms with Crippen LogP contribution in [0.4, 0.5) is 13.2 Å². The van der Waals surface area contributed by atoms with Gasteiger partial charge in [-0.15, -0.1) is 0 Å². The molecule has 8 heteroatoms. The van der Waals surface area contributed by atoms with E-state index >= 15 is 0 Å². The van der Waals surface area contributed by atoms with Crippen molar-refractivity contribution in [3.8, 4) is 0 Å². The van der Waals surface area contributed by atoms with Crippen molar-refractivity contribution in [2.45, 2.75) is 25.6 Å². The third kappa shape index (κ3) is 6.07. The number of nitrogens with one attached hydrogen (secondary N) is 1. The summed E-state index contributed by atoms with van der Waals surface area (Å²) >= 11 is 0. The second kappa shape index (κ2) is 6.87. The molecule has 0 spiro atoms. The topological polar surface area (TPSA) is 79.3 Å². The number of amides is 1. The minimum absolute atomic E-state index is 0.135. The molecule has 1 aromatic heterocycles. The lowest BCUT2D eigenvalue weighted by molar-refractivity contribution is -0.138. The molecular formula is C13H13F3N2O3. The zero-order valence-corrected chi connectivity index (χ0v) is 11.0. The highest BCUT2D eigenvalue weighted by molar-refractivity contribution is 5.97. The molecule has 5 nitrogen and oxygen atoms in total. The Balaban J connectivity index is 2.85. The highest BCUT2D eigenvalue weighted by Crippen LogP contribution is 2.21. The molecule has 1 aromatic rings. The van der Waals surface area contributed by atoms with E-state index < -0.39 is 30.5 Å². The highest BCUT2D eigenvalue weighted by atomic mass is 19.4. The molecule has 21 heavy (non-hydrogen) atoms. The Hall–Kier alpha value is -2.38. The van der Waals surface area contributed by atoms with E-state index in [4.69, 9.17) is 5.11 Å². The lowest BCUT2D eigenvalue weighted by Crippen LogP contribution is -2.36. The van der Waals surface area contributed by atoms with Gasteiger partial charge in [-0.25, -0.2) is 4.79 Å². The molecule has 0 aliphatic rings. The third-order valence-corrected chi connectivity index (χ3v) is 2.37. The highest BCUT2D eigenvalue weighted by Gasteiger charge is 2.30. The van der Waals surface area contributed by atoms with Crippen LogP contribution >= 0.6 is 0 Å². The smallest absolute Gasteiger partial charge is 0.391 e. The summed E-state index contributed by atoms with van der Waals surface area (Å²) in [6, 6.07) is 1.81. The van der Waals surface area contributed by atoms with Crippen molar-refractivity contribution >= 4 is 18.0 Å². The number of rotatable bonds is 5. The Morgan fingerprint density at radius 3 is 2.71 bits per heavy atom. The number of carbonyl (C=O) groups excluding carboxylic acids is 1. The third-order valence-electron chi connectivity index (χ3n) is 2.37. The van der Waals surface area contributed by atoms with Crippen LogP contribution in [0.1, 0.15) is 29.4 Å². The lowest BCUT2D eigenvalue weighted by Gasteiger charge is -2.16. The van der Waals surface area contributed by atoms with Crippen molar-refractivity contribution in [3.63, 3.8) is 0 Å². The summed E-state index contributed by atoms with van der Waals surface area (Å²) in [4.78, 5) is 26.1. The predicted octanol–water partition coefficient (Wildman–Crippen LogP) is 2.25. The molecule has 1 rings (SSSR count). The van der Waals surface area contributed by atoms with E-state index in [9.17, 15) is 22.8 Å². The Morgan fingerprint density at radius 1 is 1.48 bits per heavy atom. The van der Waals surface area contributed by atoms with Gasteiger partial charge in [-0.3, -0.25) is 9.78 Å². The van der Waals surface area contributed by atoms with E-state index in [0.717, 1.165) is 12.2 Å². The molecule has 0 radical (unpaired) electrons. The number of hydrogen-bond acceptors (Lipinski definition) is 3. The quantitative estimate of drug-likeness (QED) is 0.818. The van der Waals surface area contributed by atoms with Crippen LogP contribution in [0.3, 0.4) is 0 Å². The molecule has 0 aromatic carbocycles. The zero-order chi connectivity index (χ0) is 16.0. The molecule has 1 amide bonds. The van der Waals surface area contributed by atoms with Gasteiger partial charge >= 0.3 is 12.1 Å². The van der Waals surface area contributed by atoms with Gasteiger partial charge in [0.25, 0.3) is 5.91 Å². The van der Waals surface area contributed by atoms with Gasteiger partial charge in [0, 0.05) is 23.9 Å². The molecule has 0 aliphatic carbocycles. The molecule has 0 fully saturated rings. The number of carboxylic acid groups (broad SMARTS) is 1. The van der Waals surface area contributed by atoms with Gasteiger partial charge in [-0.05, 0) is 19.1 Å². The van der Waals surface area contributed by atoms with Crippen molar-refractivity contribution in [1.82, 2.24) is 10.3 Å². The van der Waals surface area contributed by atoms with E-state index in [1.807, 2.05) is 0 Å². The van der Waals surface area contributed by atoms with Gasteiger partial charge in [0.05, 0.1) is 6.42 Å². The first-order valence-corrected chi connectivity index (χ1v) is 5.92. The average Bonchev–Trinajstić information content (AvgIpc) is 2.34. The SMILES string of the molecule is CC(CC(F)(F)F)NC(=O)c1ncccc1/C=C/C(=O)O. The maximum Gasteiger partial charge on any atom is 0.391 e. The molecule has 2 N–H and O–H groups in total. The zero-order valence-electron chi connectivity index (χ0n) is 11.0. The van der Waals surface area contributed by atoms with Crippen LogP contribution < -0.4 is 5.32 Å². The van der Waals surface area contributed by atoms with Crippen molar-refractivity contribution in [1.29, 1.82) is 0 Å². The van der Waals surface area contributed by atoms with E-state index in [0.29, 0.717) is 0 Å². The Kier molecular flexibility index (Phi) is 5.45. The number of pyridine rings is 1. The fourth-order valence-electron chi connectivity index (χ4n) is 1.59. The second-order valence-electron chi connectivity index (χ2n) is 4.31. The Morgan fingerprint density at radius 2 is 2.14 bits per heavy atom. The maximum atomic E-state index is 12.2. The molecule has 0 bridgehead atoms. The molecule has 114 valence electrons. The van der Waals surface area contributed by atoms with Crippen LogP contribution in [0.15, 0.2) is 24.4 Å². The standard InChI is InChI=1S/C13H13F3N2O3/c1-8(7-13(14,15)16)18-12(21)11-9(3-2-6-17-11)4-5-10(19)20/h2-6,8H,7H2,1H3,(H,18,21)(H,19,20)/b5-4+. The maximum absolute atomic E-state index is 12.2. The summed E-state index contributed by atoms with van der Waals surface area (Å²) in [6.07, 6.45) is -2.29. The van der Waals surface area contributed by atoms with Crippen molar-refractivity contribution in [2.24, 2.45) is 0 Å². The number of hydrogen-bond donors (Lipinski definition) is 2. The number of carbonyl (C=O) groups is 2. The summed E-state index contributed by atoms with van der Waals surface area (Å²) in [5.41, 5.74) is 0.0700. The average molecular weight is 302 g/mol. The summed E-state index contributed by atoms with van der Waals surface area (Å²) in [5.74, 6) is -2.01. The van der Waals surface area contributed by atoms with Crippen molar-refractivity contribution in [2.75, 3.05) is 0 Å². The summed E-state index contributed by atoms with van der Waals surface area (Å²) in [5, 5.41) is 10.7. The summed E-state index contributed by atoms with van der Waals surface area (Å²) in [7, 11) is 0. The summed E-state index contributed by atoms with van der Waals surface area (Å²) < 4.78 is 36.6. The summed E-state index contributed by atoms with van der Waals surface area (Å²) in [6.45, 7) is 1.22. The molecular weight excluding hydrogens is 289 g/mol. The molecule has 0 aliphatic heterocycles. The van der Waals surface area contributed by atoms with Gasteiger partial charge in [-0.1, -0.05) is 6.07 Å². The van der Waals surface area contributed by atoms with Crippen LogP contribution in [0.5, 0.6) is 0 Å². The number of aliphatic carboxylic acids is 1. The number of alkyl halides is 3. The molecule has 1 atom stereocenters. The first kappa shape index (κ1) is 16.7. The fourth-order valence-corrected chi connectivity index (χ4v) is 1.59. The van der Waals surface area contributed by atoms with E-state index in [1.54, 1.807) is 0 Å². The van der Waals surface area contributed by atoms with Crippen LogP contribution in [0.2, 0.25) is 0 Å². The van der Waals surface area contributed by atoms with Crippen LogP contribution in [0, 0.1) is 0 Å². The van der Waals surface area contributed by atoms with Crippen molar-refractivity contribution < 1.29 is 27.9 Å². The van der Waals surface area contributed by atoms with E-state index in [1.165, 1.54) is 25.3 Å². The number of aromatic nitrogens is 1. The normalized spacial score (nSPS) is 13.1. The van der Waals surface area contributed by atoms with Gasteiger partial charge in [-0.2, -0.15) is 13.2 Å². The molecule has 0 saturated carbocycles. The lowest BCUT2D eigenvalue weighted by atomic mass is 10.1. The molecule has 1 heterocycles.